The van der Waals surface area contributed by atoms with Crippen molar-refractivity contribution in [2.45, 2.75) is 6.92 Å². The molecule has 0 fully saturated rings. The SMILES string of the molecule is COc1ccc2nc(/C(C#N)=C\c3ccc(-c4cc(C(=O)O)ccc4C)o3)[nH]c2c1. The second-order valence-corrected chi connectivity index (χ2v) is 6.68. The molecule has 0 unspecified atom stereocenters. The van der Waals surface area contributed by atoms with E-state index in [-0.39, 0.29) is 5.56 Å². The third-order valence-electron chi connectivity index (χ3n) is 4.73. The number of hydrogen-bond donors (Lipinski definition) is 2. The molecule has 0 bridgehead atoms. The van der Waals surface area contributed by atoms with E-state index in [2.05, 4.69) is 16.0 Å². The lowest BCUT2D eigenvalue weighted by atomic mass is 10.0. The van der Waals surface area contributed by atoms with Crippen LogP contribution in [0.5, 0.6) is 5.75 Å². The molecule has 0 atom stereocenters. The highest BCUT2D eigenvalue weighted by molar-refractivity contribution is 5.91. The summed E-state index contributed by atoms with van der Waals surface area (Å²) in [6, 6.07) is 15.9. The first kappa shape index (κ1) is 19.0. The zero-order valence-corrected chi connectivity index (χ0v) is 16.3. The first-order valence-corrected chi connectivity index (χ1v) is 9.08. The van der Waals surface area contributed by atoms with E-state index >= 15 is 0 Å². The fraction of sp³-hybridized carbons (Fsp3) is 0.0870. The van der Waals surface area contributed by atoms with Gasteiger partial charge in [-0.05, 0) is 48.9 Å². The van der Waals surface area contributed by atoms with Gasteiger partial charge in [0.1, 0.15) is 29.2 Å². The number of benzene rings is 2. The van der Waals surface area contributed by atoms with Gasteiger partial charge < -0.3 is 19.2 Å². The molecule has 0 spiro atoms. The Morgan fingerprint density at radius 2 is 2.07 bits per heavy atom. The van der Waals surface area contributed by atoms with Crippen LogP contribution in [-0.4, -0.2) is 28.2 Å². The number of allylic oxidation sites excluding steroid dienone is 1. The molecule has 0 saturated heterocycles. The number of rotatable bonds is 5. The number of fused-ring (bicyclic) bond motifs is 1. The van der Waals surface area contributed by atoms with Crippen molar-refractivity contribution in [1.29, 1.82) is 5.26 Å². The summed E-state index contributed by atoms with van der Waals surface area (Å²) in [7, 11) is 1.58. The number of H-pyrrole nitrogens is 1. The maximum absolute atomic E-state index is 11.3. The highest BCUT2D eigenvalue weighted by Gasteiger charge is 2.13. The summed E-state index contributed by atoms with van der Waals surface area (Å²) in [5.74, 6) is 1.09. The molecule has 30 heavy (non-hydrogen) atoms. The van der Waals surface area contributed by atoms with Crippen molar-refractivity contribution in [3.05, 3.63) is 71.2 Å². The van der Waals surface area contributed by atoms with E-state index in [0.29, 0.717) is 39.7 Å². The minimum atomic E-state index is -1.00. The van der Waals surface area contributed by atoms with Crippen LogP contribution < -0.4 is 4.74 Å². The number of carbonyl (C=O) groups is 1. The number of hydrogen-bond acceptors (Lipinski definition) is 5. The van der Waals surface area contributed by atoms with Gasteiger partial charge >= 0.3 is 5.97 Å². The molecule has 4 rings (SSSR count). The average Bonchev–Trinajstić information content (AvgIpc) is 3.38. The number of nitrogens with one attached hydrogen (secondary N) is 1. The lowest BCUT2D eigenvalue weighted by Gasteiger charge is -2.04. The fourth-order valence-corrected chi connectivity index (χ4v) is 3.13. The van der Waals surface area contributed by atoms with Crippen LogP contribution in [0.15, 0.2) is 52.9 Å². The zero-order chi connectivity index (χ0) is 21.3. The van der Waals surface area contributed by atoms with Gasteiger partial charge in [0.05, 0.1) is 29.3 Å². The summed E-state index contributed by atoms with van der Waals surface area (Å²) in [6.45, 7) is 1.88. The van der Waals surface area contributed by atoms with Crippen LogP contribution in [-0.2, 0) is 0 Å². The van der Waals surface area contributed by atoms with Crippen molar-refractivity contribution in [3.8, 4) is 23.1 Å². The van der Waals surface area contributed by atoms with E-state index < -0.39 is 5.97 Å². The van der Waals surface area contributed by atoms with Gasteiger partial charge in [-0.15, -0.1) is 0 Å². The molecule has 2 heterocycles. The van der Waals surface area contributed by atoms with Gasteiger partial charge in [0.15, 0.2) is 0 Å². The number of nitriles is 1. The molecule has 2 aromatic carbocycles. The number of imidazole rings is 1. The van der Waals surface area contributed by atoms with Crippen molar-refractivity contribution < 1.29 is 19.1 Å². The number of aromatic carboxylic acids is 1. The Morgan fingerprint density at radius 1 is 1.23 bits per heavy atom. The van der Waals surface area contributed by atoms with Crippen molar-refractivity contribution in [1.82, 2.24) is 9.97 Å². The summed E-state index contributed by atoms with van der Waals surface area (Å²) in [6.07, 6.45) is 1.59. The molecule has 7 heteroatoms. The molecule has 0 saturated carbocycles. The quantitative estimate of drug-likeness (QED) is 0.462. The summed E-state index contributed by atoms with van der Waals surface area (Å²) in [5.41, 5.74) is 3.53. The van der Waals surface area contributed by atoms with Gasteiger partial charge in [-0.1, -0.05) is 6.07 Å². The molecule has 0 aliphatic heterocycles. The van der Waals surface area contributed by atoms with E-state index in [1.807, 2.05) is 19.1 Å². The van der Waals surface area contributed by atoms with Gasteiger partial charge in [-0.2, -0.15) is 5.26 Å². The average molecular weight is 399 g/mol. The summed E-state index contributed by atoms with van der Waals surface area (Å²) in [4.78, 5) is 18.8. The Hall–Kier alpha value is -4.31. The number of aromatic amines is 1. The second-order valence-electron chi connectivity index (χ2n) is 6.68. The van der Waals surface area contributed by atoms with Crippen LogP contribution in [0.2, 0.25) is 0 Å². The highest BCUT2D eigenvalue weighted by atomic mass is 16.5. The van der Waals surface area contributed by atoms with Crippen LogP contribution >= 0.6 is 0 Å². The number of ether oxygens (including phenoxy) is 1. The lowest BCUT2D eigenvalue weighted by molar-refractivity contribution is 0.0697. The molecule has 0 aliphatic rings. The number of nitrogens with zero attached hydrogens (tertiary/aromatic N) is 2. The minimum Gasteiger partial charge on any atom is -0.497 e. The molecule has 0 amide bonds. The number of aromatic nitrogens is 2. The van der Waals surface area contributed by atoms with E-state index in [0.717, 1.165) is 11.1 Å². The van der Waals surface area contributed by atoms with Gasteiger partial charge in [0.25, 0.3) is 0 Å². The Labute approximate surface area is 171 Å². The third kappa shape index (κ3) is 3.54. The van der Waals surface area contributed by atoms with Gasteiger partial charge in [-0.3, -0.25) is 0 Å². The van der Waals surface area contributed by atoms with Gasteiger partial charge in [-0.25, -0.2) is 9.78 Å². The van der Waals surface area contributed by atoms with Crippen molar-refractivity contribution >= 4 is 28.7 Å². The van der Waals surface area contributed by atoms with E-state index in [9.17, 15) is 15.2 Å². The van der Waals surface area contributed by atoms with E-state index in [4.69, 9.17) is 9.15 Å². The third-order valence-corrected chi connectivity index (χ3v) is 4.73. The molecular weight excluding hydrogens is 382 g/mol. The Balaban J connectivity index is 1.70. The predicted octanol–water partition coefficient (Wildman–Crippen LogP) is 4.90. The van der Waals surface area contributed by atoms with Crippen LogP contribution in [0.25, 0.3) is 34.0 Å². The lowest BCUT2D eigenvalue weighted by Crippen LogP contribution is -1.96. The smallest absolute Gasteiger partial charge is 0.335 e. The minimum absolute atomic E-state index is 0.180. The predicted molar refractivity (Wildman–Crippen MR) is 112 cm³/mol. The number of carboxylic acids is 1. The number of methoxy groups -OCH3 is 1. The van der Waals surface area contributed by atoms with Gasteiger partial charge in [0.2, 0.25) is 0 Å². The number of furan rings is 1. The molecule has 7 nitrogen and oxygen atoms in total. The number of carboxylic acid groups (broad SMARTS) is 1. The first-order valence-electron chi connectivity index (χ1n) is 9.08. The Morgan fingerprint density at radius 3 is 2.80 bits per heavy atom. The maximum Gasteiger partial charge on any atom is 0.335 e. The fourth-order valence-electron chi connectivity index (χ4n) is 3.13. The van der Waals surface area contributed by atoms with Crippen LogP contribution in [0.1, 0.15) is 27.5 Å². The standard InChI is InChI=1S/C23H17N3O4/c1-13-3-4-14(23(27)28)10-18(13)21-8-6-17(30-21)9-15(12-24)22-25-19-7-5-16(29-2)11-20(19)26-22/h3-11H,1-2H3,(H,25,26)(H,27,28)/b15-9-. The van der Waals surface area contributed by atoms with E-state index in [1.54, 1.807) is 49.6 Å². The molecule has 2 N–H and O–H groups in total. The van der Waals surface area contributed by atoms with Crippen molar-refractivity contribution in [2.75, 3.05) is 7.11 Å². The molecule has 2 aromatic heterocycles. The summed E-state index contributed by atoms with van der Waals surface area (Å²) >= 11 is 0. The zero-order valence-electron chi connectivity index (χ0n) is 16.3. The summed E-state index contributed by atoms with van der Waals surface area (Å²) < 4.78 is 11.1. The number of aryl methyl sites for hydroxylation is 1. The molecule has 148 valence electrons. The molecule has 4 aromatic rings. The van der Waals surface area contributed by atoms with Crippen LogP contribution in [0.4, 0.5) is 0 Å². The van der Waals surface area contributed by atoms with Crippen molar-refractivity contribution in [3.63, 3.8) is 0 Å². The Bertz CT molecular complexity index is 1340. The highest BCUT2D eigenvalue weighted by Crippen LogP contribution is 2.29. The topological polar surface area (TPSA) is 112 Å². The molecular formula is C23H17N3O4. The summed E-state index contributed by atoms with van der Waals surface area (Å²) in [5, 5.41) is 18.8. The van der Waals surface area contributed by atoms with Gasteiger partial charge in [0, 0.05) is 17.7 Å². The normalized spacial score (nSPS) is 11.4. The Kier molecular flexibility index (Phi) is 4.82. The van der Waals surface area contributed by atoms with Crippen molar-refractivity contribution in [2.24, 2.45) is 0 Å². The first-order chi connectivity index (χ1) is 14.5. The maximum atomic E-state index is 11.3. The van der Waals surface area contributed by atoms with E-state index in [1.165, 1.54) is 0 Å². The molecule has 0 aliphatic carbocycles. The van der Waals surface area contributed by atoms with Crippen LogP contribution in [0.3, 0.4) is 0 Å². The largest absolute Gasteiger partial charge is 0.497 e. The monoisotopic (exact) mass is 399 g/mol. The molecule has 0 radical (unpaired) electrons. The van der Waals surface area contributed by atoms with Crippen LogP contribution in [0, 0.1) is 18.3 Å². The second kappa shape index (κ2) is 7.60.